The number of carbonyl (C=O) groups excluding carboxylic acids is 1. The number of thioether (sulfide) groups is 1. The Hall–Kier alpha value is -0.970. The van der Waals surface area contributed by atoms with Gasteiger partial charge in [0.2, 0.25) is 5.91 Å². The van der Waals surface area contributed by atoms with Gasteiger partial charge < -0.3 is 10.0 Å². The summed E-state index contributed by atoms with van der Waals surface area (Å²) in [6.07, 6.45) is 7.85. The molecule has 0 aromatic carbocycles. The molecule has 1 saturated carbocycles. The predicted molar refractivity (Wildman–Crippen MR) is 69.1 cm³/mol. The van der Waals surface area contributed by atoms with Crippen molar-refractivity contribution in [3.8, 4) is 0 Å². The minimum Gasteiger partial charge on any atom is -0.480 e. The lowest BCUT2D eigenvalue weighted by atomic mass is 10.0. The quantitative estimate of drug-likeness (QED) is 0.791. The second kappa shape index (κ2) is 4.61. The molecule has 18 heavy (non-hydrogen) atoms. The molecule has 0 bridgehead atoms. The molecule has 2 fully saturated rings. The summed E-state index contributed by atoms with van der Waals surface area (Å²) in [5.74, 6) is 0.242. The first-order valence-electron chi connectivity index (χ1n) is 6.50. The summed E-state index contributed by atoms with van der Waals surface area (Å²) in [7, 11) is 0. The summed E-state index contributed by atoms with van der Waals surface area (Å²) in [6, 6.07) is -0.617. The topological polar surface area (TPSA) is 57.6 Å². The monoisotopic (exact) mass is 267 g/mol. The van der Waals surface area contributed by atoms with Gasteiger partial charge in [-0.15, -0.1) is 11.8 Å². The van der Waals surface area contributed by atoms with Crippen molar-refractivity contribution in [3.63, 3.8) is 0 Å². The highest BCUT2D eigenvalue weighted by Gasteiger charge is 2.49. The highest BCUT2D eigenvalue weighted by atomic mass is 32.2. The fourth-order valence-electron chi connectivity index (χ4n) is 2.77. The zero-order valence-corrected chi connectivity index (χ0v) is 10.9. The second-order valence-electron chi connectivity index (χ2n) is 5.30. The second-order valence-corrected chi connectivity index (χ2v) is 6.45. The van der Waals surface area contributed by atoms with Crippen LogP contribution in [0.3, 0.4) is 0 Å². The van der Waals surface area contributed by atoms with Crippen LogP contribution in [0.4, 0.5) is 0 Å². The summed E-state index contributed by atoms with van der Waals surface area (Å²) in [5.41, 5.74) is 0. The molecule has 3 rings (SSSR count). The zero-order valence-electron chi connectivity index (χ0n) is 10.1. The molecule has 0 radical (unpaired) electrons. The Morgan fingerprint density at radius 2 is 1.89 bits per heavy atom. The number of hydrogen-bond donors (Lipinski definition) is 1. The fraction of sp³-hybridized carbons (Fsp3) is 0.692. The molecule has 1 N–H and O–H groups in total. The number of carbonyl (C=O) groups is 2. The Kier molecular flexibility index (Phi) is 3.09. The van der Waals surface area contributed by atoms with E-state index in [0.717, 1.165) is 25.7 Å². The van der Waals surface area contributed by atoms with E-state index in [1.807, 2.05) is 12.2 Å². The van der Waals surface area contributed by atoms with Crippen molar-refractivity contribution < 1.29 is 14.7 Å². The van der Waals surface area contributed by atoms with Crippen LogP contribution in [0.15, 0.2) is 12.2 Å². The predicted octanol–water partition coefficient (Wildman–Crippen LogP) is 1.72. The number of carboxylic acid groups (broad SMARTS) is 1. The van der Waals surface area contributed by atoms with Gasteiger partial charge in [-0.25, -0.2) is 4.79 Å². The lowest BCUT2D eigenvalue weighted by Crippen LogP contribution is -2.48. The Morgan fingerprint density at radius 3 is 2.44 bits per heavy atom. The van der Waals surface area contributed by atoms with Crippen LogP contribution in [0.1, 0.15) is 25.7 Å². The van der Waals surface area contributed by atoms with E-state index in [0.29, 0.717) is 11.7 Å². The molecule has 0 aromatic heterocycles. The van der Waals surface area contributed by atoms with E-state index in [9.17, 15) is 14.7 Å². The highest BCUT2D eigenvalue weighted by Crippen LogP contribution is 2.46. The van der Waals surface area contributed by atoms with E-state index < -0.39 is 12.0 Å². The van der Waals surface area contributed by atoms with E-state index in [1.54, 1.807) is 16.7 Å². The van der Waals surface area contributed by atoms with E-state index >= 15 is 0 Å². The molecule has 1 aliphatic heterocycles. The zero-order chi connectivity index (χ0) is 12.7. The molecule has 2 aliphatic carbocycles. The van der Waals surface area contributed by atoms with Gasteiger partial charge in [0.15, 0.2) is 0 Å². The van der Waals surface area contributed by atoms with E-state index in [2.05, 4.69) is 0 Å². The number of nitrogens with zero attached hydrogens (tertiary/aromatic N) is 1. The average Bonchev–Trinajstić information content (AvgIpc) is 2.91. The van der Waals surface area contributed by atoms with E-state index in [-0.39, 0.29) is 17.2 Å². The number of aliphatic carboxylic acids is 1. The normalized spacial score (nSPS) is 32.1. The molecule has 1 amide bonds. The van der Waals surface area contributed by atoms with E-state index in [4.69, 9.17) is 0 Å². The van der Waals surface area contributed by atoms with Gasteiger partial charge in [0.05, 0.1) is 5.37 Å². The van der Waals surface area contributed by atoms with Crippen molar-refractivity contribution in [1.29, 1.82) is 0 Å². The summed E-state index contributed by atoms with van der Waals surface area (Å²) < 4.78 is 0. The number of amides is 1. The molecule has 5 heteroatoms. The third kappa shape index (κ3) is 2.05. The third-order valence-electron chi connectivity index (χ3n) is 3.96. The van der Waals surface area contributed by atoms with Gasteiger partial charge in [-0.3, -0.25) is 4.79 Å². The molecule has 1 heterocycles. The minimum atomic E-state index is -0.857. The third-order valence-corrected chi connectivity index (χ3v) is 5.42. The van der Waals surface area contributed by atoms with Crippen molar-refractivity contribution in [3.05, 3.63) is 12.2 Å². The SMILES string of the molecule is O=C(O)C1CSC(C2CC2)N1C(=O)C1CC=CC1. The van der Waals surface area contributed by atoms with Crippen molar-refractivity contribution in [2.75, 3.05) is 5.75 Å². The summed E-state index contributed by atoms with van der Waals surface area (Å²) >= 11 is 1.65. The van der Waals surface area contributed by atoms with Crippen LogP contribution in [-0.4, -0.2) is 39.1 Å². The lowest BCUT2D eigenvalue weighted by Gasteiger charge is -2.29. The number of carboxylic acids is 1. The largest absolute Gasteiger partial charge is 0.480 e. The van der Waals surface area contributed by atoms with Crippen LogP contribution < -0.4 is 0 Å². The van der Waals surface area contributed by atoms with Crippen molar-refractivity contribution >= 4 is 23.6 Å². The maximum atomic E-state index is 12.5. The van der Waals surface area contributed by atoms with Gasteiger partial charge in [0, 0.05) is 11.7 Å². The van der Waals surface area contributed by atoms with Crippen LogP contribution in [0.25, 0.3) is 0 Å². The number of rotatable bonds is 3. The molecule has 0 spiro atoms. The number of allylic oxidation sites excluding steroid dienone is 2. The molecule has 98 valence electrons. The first-order valence-corrected chi connectivity index (χ1v) is 7.55. The molecular weight excluding hydrogens is 250 g/mol. The maximum absolute atomic E-state index is 12.5. The molecule has 4 nitrogen and oxygen atoms in total. The first-order chi connectivity index (χ1) is 8.68. The molecule has 2 atom stereocenters. The Morgan fingerprint density at radius 1 is 1.22 bits per heavy atom. The maximum Gasteiger partial charge on any atom is 0.327 e. The van der Waals surface area contributed by atoms with Crippen molar-refractivity contribution in [2.45, 2.75) is 37.1 Å². The van der Waals surface area contributed by atoms with Crippen LogP contribution in [0.5, 0.6) is 0 Å². The Bertz CT molecular complexity index is 397. The van der Waals surface area contributed by atoms with Gasteiger partial charge in [-0.05, 0) is 31.6 Å². The molecular formula is C13H17NO3S. The van der Waals surface area contributed by atoms with Crippen LogP contribution in [-0.2, 0) is 9.59 Å². The molecule has 3 aliphatic rings. The molecule has 0 aromatic rings. The van der Waals surface area contributed by atoms with Gasteiger partial charge in [0.25, 0.3) is 0 Å². The van der Waals surface area contributed by atoms with Crippen molar-refractivity contribution in [2.24, 2.45) is 11.8 Å². The Labute approximate surface area is 110 Å². The van der Waals surface area contributed by atoms with Gasteiger partial charge in [-0.1, -0.05) is 12.2 Å². The van der Waals surface area contributed by atoms with Crippen LogP contribution in [0.2, 0.25) is 0 Å². The summed E-state index contributed by atoms with van der Waals surface area (Å²) in [5, 5.41) is 9.38. The molecule has 1 saturated heterocycles. The van der Waals surface area contributed by atoms with E-state index in [1.165, 1.54) is 0 Å². The number of hydrogen-bond acceptors (Lipinski definition) is 3. The summed E-state index contributed by atoms with van der Waals surface area (Å²) in [6.45, 7) is 0. The molecule has 2 unspecified atom stereocenters. The van der Waals surface area contributed by atoms with Gasteiger partial charge >= 0.3 is 5.97 Å². The standard InChI is InChI=1S/C13H17NO3S/c15-11(8-3-1-2-4-8)14-10(13(16)17)7-18-12(14)9-5-6-9/h1-2,8-10,12H,3-7H2,(H,16,17). The summed E-state index contributed by atoms with van der Waals surface area (Å²) in [4.78, 5) is 25.5. The van der Waals surface area contributed by atoms with Gasteiger partial charge in [0.1, 0.15) is 6.04 Å². The van der Waals surface area contributed by atoms with Crippen molar-refractivity contribution in [1.82, 2.24) is 4.90 Å². The van der Waals surface area contributed by atoms with Gasteiger partial charge in [-0.2, -0.15) is 0 Å². The lowest BCUT2D eigenvalue weighted by molar-refractivity contribution is -0.151. The average molecular weight is 267 g/mol. The highest BCUT2D eigenvalue weighted by molar-refractivity contribution is 8.00. The van der Waals surface area contributed by atoms with Crippen LogP contribution in [0, 0.1) is 11.8 Å². The minimum absolute atomic E-state index is 0.0215. The fourth-order valence-corrected chi connectivity index (χ4v) is 4.41. The van der Waals surface area contributed by atoms with Crippen LogP contribution >= 0.6 is 11.8 Å². The first kappa shape index (κ1) is 12.1. The Balaban J connectivity index is 1.78. The smallest absolute Gasteiger partial charge is 0.327 e.